The molecule has 1 saturated carbocycles. The van der Waals surface area contributed by atoms with Crippen LogP contribution in [0.25, 0.3) is 0 Å². The minimum absolute atomic E-state index is 0.575. The first-order valence-electron chi connectivity index (χ1n) is 7.00. The number of hydrogen-bond donors (Lipinski definition) is 1. The second-order valence-corrected chi connectivity index (χ2v) is 6.62. The average Bonchev–Trinajstić information content (AvgIpc) is 2.83. The van der Waals surface area contributed by atoms with Crippen LogP contribution in [0, 0.1) is 11.8 Å². The predicted molar refractivity (Wildman–Crippen MR) is 75.8 cm³/mol. The van der Waals surface area contributed by atoms with Gasteiger partial charge in [0.25, 0.3) is 5.22 Å². The highest BCUT2D eigenvalue weighted by atomic mass is 32.2. The van der Waals surface area contributed by atoms with Gasteiger partial charge in [-0.2, -0.15) is 0 Å². The lowest BCUT2D eigenvalue weighted by atomic mass is 9.80. The lowest BCUT2D eigenvalue weighted by molar-refractivity contribution is 0.248. The maximum atomic E-state index is 5.39. The summed E-state index contributed by atoms with van der Waals surface area (Å²) in [6.07, 6.45) is 7.15. The Morgan fingerprint density at radius 3 is 2.94 bits per heavy atom. The van der Waals surface area contributed by atoms with Gasteiger partial charge in [-0.15, -0.1) is 0 Å². The van der Waals surface area contributed by atoms with Crippen molar-refractivity contribution >= 4 is 11.8 Å². The van der Waals surface area contributed by atoms with E-state index in [-0.39, 0.29) is 0 Å². The molecule has 0 radical (unpaired) electrons. The fourth-order valence-electron chi connectivity index (χ4n) is 2.94. The number of hydrogen-bond acceptors (Lipinski definition) is 4. The molecule has 0 aliphatic heterocycles. The Morgan fingerprint density at radius 1 is 1.44 bits per heavy atom. The van der Waals surface area contributed by atoms with Gasteiger partial charge in [0.2, 0.25) is 0 Å². The van der Waals surface area contributed by atoms with Gasteiger partial charge in [0, 0.05) is 11.3 Å². The van der Waals surface area contributed by atoms with E-state index in [1.165, 1.54) is 19.3 Å². The monoisotopic (exact) mass is 268 g/mol. The Kier molecular flexibility index (Phi) is 5.13. The summed E-state index contributed by atoms with van der Waals surface area (Å²) in [6, 6.07) is 0.584. The van der Waals surface area contributed by atoms with Crippen LogP contribution in [0.15, 0.2) is 22.1 Å². The normalized spacial score (nSPS) is 32.6. The summed E-state index contributed by atoms with van der Waals surface area (Å²) in [4.78, 5) is 4.25. The lowest BCUT2D eigenvalue weighted by Gasteiger charge is -2.39. The number of nitrogens with zero attached hydrogens (tertiary/aromatic N) is 1. The van der Waals surface area contributed by atoms with Crippen LogP contribution >= 0.6 is 11.8 Å². The summed E-state index contributed by atoms with van der Waals surface area (Å²) in [5.41, 5.74) is 0. The molecule has 1 N–H and O–H groups in total. The van der Waals surface area contributed by atoms with Crippen molar-refractivity contribution in [2.75, 3.05) is 6.54 Å². The zero-order valence-electron chi connectivity index (χ0n) is 11.6. The van der Waals surface area contributed by atoms with Crippen molar-refractivity contribution in [2.24, 2.45) is 11.8 Å². The fourth-order valence-corrected chi connectivity index (χ4v) is 4.12. The van der Waals surface area contributed by atoms with Crippen LogP contribution < -0.4 is 5.32 Å². The van der Waals surface area contributed by atoms with E-state index in [9.17, 15) is 0 Å². The fraction of sp³-hybridized carbons (Fsp3) is 0.786. The molecule has 0 bridgehead atoms. The Bertz CT molecular complexity index is 342. The second-order valence-electron chi connectivity index (χ2n) is 5.49. The van der Waals surface area contributed by atoms with Crippen LogP contribution in [0.3, 0.4) is 0 Å². The Hall–Kier alpha value is -0.480. The molecule has 0 amide bonds. The second kappa shape index (κ2) is 6.62. The summed E-state index contributed by atoms with van der Waals surface area (Å²) in [7, 11) is 0. The summed E-state index contributed by atoms with van der Waals surface area (Å²) in [6.45, 7) is 8.05. The summed E-state index contributed by atoms with van der Waals surface area (Å²) < 4.78 is 5.39. The third-order valence-corrected chi connectivity index (χ3v) is 5.16. The van der Waals surface area contributed by atoms with Gasteiger partial charge in [-0.1, -0.05) is 32.5 Å². The van der Waals surface area contributed by atoms with Crippen LogP contribution in [0.5, 0.6) is 0 Å². The topological polar surface area (TPSA) is 38.1 Å². The maximum absolute atomic E-state index is 5.39. The van der Waals surface area contributed by atoms with Crippen LogP contribution in [0.4, 0.5) is 0 Å². The zero-order valence-corrected chi connectivity index (χ0v) is 12.4. The molecule has 1 aliphatic carbocycles. The minimum atomic E-state index is 0.575. The highest BCUT2D eigenvalue weighted by molar-refractivity contribution is 7.99. The minimum Gasteiger partial charge on any atom is -0.440 e. The number of oxazole rings is 1. The van der Waals surface area contributed by atoms with Gasteiger partial charge in [0.05, 0.1) is 6.20 Å². The van der Waals surface area contributed by atoms with E-state index >= 15 is 0 Å². The molecule has 0 spiro atoms. The first kappa shape index (κ1) is 13.9. The molecule has 1 aliphatic rings. The lowest BCUT2D eigenvalue weighted by Crippen LogP contribution is -2.46. The quantitative estimate of drug-likeness (QED) is 0.886. The van der Waals surface area contributed by atoms with E-state index < -0.39 is 0 Å². The number of rotatable bonds is 5. The molecular formula is C14H24N2OS. The first-order chi connectivity index (χ1) is 8.70. The SMILES string of the molecule is CCCNC1CC(C)CC(C)C1Sc1ncco1. The van der Waals surface area contributed by atoms with Gasteiger partial charge >= 0.3 is 0 Å². The molecule has 3 nitrogen and oxygen atoms in total. The largest absolute Gasteiger partial charge is 0.440 e. The molecule has 102 valence electrons. The standard InChI is InChI=1S/C14H24N2OS/c1-4-5-15-12-9-10(2)8-11(3)13(12)18-14-16-6-7-17-14/h6-7,10-13,15H,4-5,8-9H2,1-3H3. The van der Waals surface area contributed by atoms with Crippen molar-refractivity contribution in [2.45, 2.75) is 56.5 Å². The molecule has 0 aromatic carbocycles. The molecule has 1 aromatic heterocycles. The van der Waals surface area contributed by atoms with Gasteiger partial charge in [0.15, 0.2) is 0 Å². The van der Waals surface area contributed by atoms with E-state index in [2.05, 4.69) is 31.1 Å². The Balaban J connectivity index is 2.01. The summed E-state index contributed by atoms with van der Waals surface area (Å²) >= 11 is 1.80. The van der Waals surface area contributed by atoms with E-state index in [1.807, 2.05) is 0 Å². The third kappa shape index (κ3) is 3.51. The number of nitrogens with one attached hydrogen (secondary N) is 1. The average molecular weight is 268 g/mol. The molecule has 1 aromatic rings. The van der Waals surface area contributed by atoms with Crippen LogP contribution in [-0.4, -0.2) is 22.8 Å². The Labute approximate surface area is 114 Å². The van der Waals surface area contributed by atoms with Crippen molar-refractivity contribution in [3.8, 4) is 0 Å². The van der Waals surface area contributed by atoms with Gasteiger partial charge in [-0.05, 0) is 37.6 Å². The smallest absolute Gasteiger partial charge is 0.255 e. The van der Waals surface area contributed by atoms with E-state index in [4.69, 9.17) is 4.42 Å². The molecule has 2 rings (SSSR count). The van der Waals surface area contributed by atoms with Crippen molar-refractivity contribution in [1.82, 2.24) is 10.3 Å². The molecule has 4 unspecified atom stereocenters. The van der Waals surface area contributed by atoms with Crippen molar-refractivity contribution in [3.63, 3.8) is 0 Å². The highest BCUT2D eigenvalue weighted by Gasteiger charge is 2.35. The number of thioether (sulfide) groups is 1. The summed E-state index contributed by atoms with van der Waals surface area (Å²) in [5.74, 6) is 1.52. The molecule has 0 saturated heterocycles. The first-order valence-corrected chi connectivity index (χ1v) is 7.88. The van der Waals surface area contributed by atoms with Crippen molar-refractivity contribution < 1.29 is 4.42 Å². The highest BCUT2D eigenvalue weighted by Crippen LogP contribution is 2.39. The molecule has 4 heteroatoms. The van der Waals surface area contributed by atoms with Gasteiger partial charge in [-0.3, -0.25) is 0 Å². The maximum Gasteiger partial charge on any atom is 0.255 e. The zero-order chi connectivity index (χ0) is 13.0. The molecule has 1 heterocycles. The molecule has 18 heavy (non-hydrogen) atoms. The molecule has 1 fully saturated rings. The van der Waals surface area contributed by atoms with Crippen molar-refractivity contribution in [3.05, 3.63) is 12.5 Å². The Morgan fingerprint density at radius 2 is 2.28 bits per heavy atom. The van der Waals surface area contributed by atoms with Crippen molar-refractivity contribution in [1.29, 1.82) is 0 Å². The molecular weight excluding hydrogens is 244 g/mol. The number of aromatic nitrogens is 1. The van der Waals surface area contributed by atoms with Gasteiger partial charge < -0.3 is 9.73 Å². The third-order valence-electron chi connectivity index (χ3n) is 3.69. The van der Waals surface area contributed by atoms with Gasteiger partial charge in [0.1, 0.15) is 6.26 Å². The van der Waals surface area contributed by atoms with Crippen LogP contribution in [0.1, 0.15) is 40.0 Å². The van der Waals surface area contributed by atoms with E-state index in [1.54, 1.807) is 24.2 Å². The predicted octanol–water partition coefficient (Wildman–Crippen LogP) is 3.57. The summed E-state index contributed by atoms with van der Waals surface area (Å²) in [5, 5.41) is 5.09. The van der Waals surface area contributed by atoms with Crippen LogP contribution in [-0.2, 0) is 0 Å². The van der Waals surface area contributed by atoms with E-state index in [0.29, 0.717) is 17.2 Å². The molecule has 4 atom stereocenters. The van der Waals surface area contributed by atoms with Crippen LogP contribution in [0.2, 0.25) is 0 Å². The van der Waals surface area contributed by atoms with Gasteiger partial charge in [-0.25, -0.2) is 4.98 Å². The van der Waals surface area contributed by atoms with E-state index in [0.717, 1.165) is 17.7 Å².